The maximum absolute atomic E-state index is 12.4. The molecule has 0 aromatic heterocycles. The van der Waals surface area contributed by atoms with Crippen molar-refractivity contribution < 1.29 is 19.1 Å². The summed E-state index contributed by atoms with van der Waals surface area (Å²) in [4.78, 5) is 36.7. The summed E-state index contributed by atoms with van der Waals surface area (Å²) in [6, 6.07) is 0. The number of rotatable bonds is 7. The van der Waals surface area contributed by atoms with Gasteiger partial charge in [-0.2, -0.15) is 0 Å². The van der Waals surface area contributed by atoms with Crippen molar-refractivity contribution in [2.24, 2.45) is 0 Å². The Morgan fingerprint density at radius 3 is 2.18 bits per heavy atom. The highest BCUT2D eigenvalue weighted by Crippen LogP contribution is 2.26. The van der Waals surface area contributed by atoms with Gasteiger partial charge in [0.1, 0.15) is 6.61 Å². The van der Waals surface area contributed by atoms with Crippen molar-refractivity contribution >= 4 is 17.3 Å². The maximum atomic E-state index is 12.4. The van der Waals surface area contributed by atoms with Crippen LogP contribution in [0.2, 0.25) is 0 Å². The van der Waals surface area contributed by atoms with E-state index >= 15 is 0 Å². The molecule has 0 heterocycles. The van der Waals surface area contributed by atoms with E-state index in [1.807, 2.05) is 6.92 Å². The van der Waals surface area contributed by atoms with Crippen LogP contribution >= 0.6 is 0 Å². The molecule has 0 fully saturated rings. The molecule has 1 aliphatic rings. The molecule has 1 rings (SSSR count). The van der Waals surface area contributed by atoms with E-state index < -0.39 is 0 Å². The van der Waals surface area contributed by atoms with Crippen LogP contribution in [0.1, 0.15) is 47.0 Å². The van der Waals surface area contributed by atoms with E-state index in [1.165, 1.54) is 7.11 Å². The lowest BCUT2D eigenvalue weighted by molar-refractivity contribution is -0.119. The summed E-state index contributed by atoms with van der Waals surface area (Å²) in [5, 5.41) is 0. The molecule has 4 heteroatoms. The van der Waals surface area contributed by atoms with Gasteiger partial charge in [0, 0.05) is 29.4 Å². The van der Waals surface area contributed by atoms with Gasteiger partial charge in [-0.15, -0.1) is 0 Å². The number of methoxy groups -OCH3 is 1. The molecule has 4 nitrogen and oxygen atoms in total. The summed E-state index contributed by atoms with van der Waals surface area (Å²) < 4.78 is 4.90. The second-order valence-corrected chi connectivity index (χ2v) is 5.58. The van der Waals surface area contributed by atoms with Crippen molar-refractivity contribution in [1.82, 2.24) is 0 Å². The van der Waals surface area contributed by atoms with Gasteiger partial charge in [-0.25, -0.2) is 0 Å². The maximum Gasteiger partial charge on any atom is 0.189 e. The minimum atomic E-state index is -0.172. The van der Waals surface area contributed by atoms with Crippen molar-refractivity contribution in [2.75, 3.05) is 13.7 Å². The average Bonchev–Trinajstić information content (AvgIpc) is 2.50. The summed E-state index contributed by atoms with van der Waals surface area (Å²) in [6.07, 6.45) is 3.96. The van der Waals surface area contributed by atoms with Crippen LogP contribution < -0.4 is 0 Å². The topological polar surface area (TPSA) is 60.4 Å². The van der Waals surface area contributed by atoms with Crippen LogP contribution in [0.15, 0.2) is 33.9 Å². The number of hydrogen-bond acceptors (Lipinski definition) is 4. The van der Waals surface area contributed by atoms with E-state index in [9.17, 15) is 14.4 Å². The van der Waals surface area contributed by atoms with Crippen LogP contribution in [0, 0.1) is 0 Å². The fourth-order valence-corrected chi connectivity index (χ4v) is 2.35. The number of ether oxygens (including phenoxy) is 1. The number of Topliss-reactive ketones (excluding diaryl/α,β-unsaturated/α-hetero) is 3. The smallest absolute Gasteiger partial charge is 0.189 e. The summed E-state index contributed by atoms with van der Waals surface area (Å²) in [7, 11) is 1.46. The van der Waals surface area contributed by atoms with Gasteiger partial charge < -0.3 is 4.74 Å². The monoisotopic (exact) mass is 304 g/mol. The van der Waals surface area contributed by atoms with Gasteiger partial charge >= 0.3 is 0 Å². The lowest BCUT2D eigenvalue weighted by Gasteiger charge is -2.17. The number of ketones is 3. The van der Waals surface area contributed by atoms with E-state index in [2.05, 4.69) is 0 Å². The normalized spacial score (nSPS) is 16.7. The Balaban J connectivity index is 3.26. The number of unbranched alkanes of at least 4 members (excludes halogenated alkanes) is 1. The molecular formula is C18H24O4. The van der Waals surface area contributed by atoms with Crippen molar-refractivity contribution in [1.29, 1.82) is 0 Å². The molecule has 0 unspecified atom stereocenters. The molecular weight excluding hydrogens is 280 g/mol. The minimum Gasteiger partial charge on any atom is -0.377 e. The van der Waals surface area contributed by atoms with Gasteiger partial charge in [-0.3, -0.25) is 14.4 Å². The Morgan fingerprint density at radius 1 is 1.05 bits per heavy atom. The molecule has 120 valence electrons. The number of hydrogen-bond donors (Lipinski definition) is 0. The molecule has 0 radical (unpaired) electrons. The van der Waals surface area contributed by atoms with E-state index in [4.69, 9.17) is 4.74 Å². The second kappa shape index (κ2) is 7.99. The molecule has 0 N–H and O–H groups in total. The highest BCUT2D eigenvalue weighted by molar-refractivity contribution is 6.26. The lowest BCUT2D eigenvalue weighted by Crippen LogP contribution is -2.21. The zero-order chi connectivity index (χ0) is 16.9. The van der Waals surface area contributed by atoms with E-state index in [0.29, 0.717) is 34.3 Å². The molecule has 0 atom stereocenters. The van der Waals surface area contributed by atoms with Gasteiger partial charge in [0.2, 0.25) is 0 Å². The zero-order valence-corrected chi connectivity index (χ0v) is 14.0. The molecule has 0 amide bonds. The zero-order valence-electron chi connectivity index (χ0n) is 14.0. The number of allylic oxidation sites excluding steroid dienone is 5. The Hall–Kier alpha value is -1.81. The molecule has 0 aromatic carbocycles. The quantitative estimate of drug-likeness (QED) is 0.535. The summed E-state index contributed by atoms with van der Waals surface area (Å²) in [5.74, 6) is -0.438. The number of carbonyl (C=O) groups is 3. The van der Waals surface area contributed by atoms with Crippen LogP contribution in [0.3, 0.4) is 0 Å². The summed E-state index contributed by atoms with van der Waals surface area (Å²) in [5.41, 5.74) is 2.23. The van der Waals surface area contributed by atoms with Crippen LogP contribution in [-0.2, 0) is 19.1 Å². The lowest BCUT2D eigenvalue weighted by atomic mass is 9.84. The predicted molar refractivity (Wildman–Crippen MR) is 85.6 cm³/mol. The first kappa shape index (κ1) is 18.2. The van der Waals surface area contributed by atoms with E-state index in [1.54, 1.807) is 26.8 Å². The summed E-state index contributed by atoms with van der Waals surface area (Å²) in [6.45, 7) is 6.97. The first-order chi connectivity index (χ1) is 10.3. The Kier molecular flexibility index (Phi) is 6.62. The minimum absolute atomic E-state index is 0.0160. The molecule has 0 spiro atoms. The van der Waals surface area contributed by atoms with Gasteiger partial charge in [0.05, 0.1) is 0 Å². The predicted octanol–water partition coefficient (Wildman–Crippen LogP) is 3.12. The third kappa shape index (κ3) is 3.89. The average molecular weight is 304 g/mol. The highest BCUT2D eigenvalue weighted by atomic mass is 16.5. The van der Waals surface area contributed by atoms with Crippen molar-refractivity contribution in [3.05, 3.63) is 33.9 Å². The van der Waals surface area contributed by atoms with Crippen LogP contribution in [-0.4, -0.2) is 31.1 Å². The molecule has 0 saturated carbocycles. The molecule has 0 saturated heterocycles. The van der Waals surface area contributed by atoms with Crippen molar-refractivity contribution in [3.8, 4) is 0 Å². The van der Waals surface area contributed by atoms with Crippen molar-refractivity contribution in [2.45, 2.75) is 47.0 Å². The molecule has 0 bridgehead atoms. The molecule has 0 aliphatic heterocycles. The molecule has 0 aromatic rings. The third-order valence-electron chi connectivity index (χ3n) is 3.98. The number of carbonyl (C=O) groups excluding carboxylic acids is 3. The molecule has 1 aliphatic carbocycles. The van der Waals surface area contributed by atoms with Gasteiger partial charge in [0.15, 0.2) is 17.3 Å². The first-order valence-corrected chi connectivity index (χ1v) is 7.55. The fourth-order valence-electron chi connectivity index (χ4n) is 2.35. The standard InChI is InChI=1S/C18H24O4/c1-6-7-8-14(16(19)10-22-5)9-15-13(4)17(20)11(2)12(3)18(15)21/h9H,6-8,10H2,1-5H3. The van der Waals surface area contributed by atoms with Crippen LogP contribution in [0.25, 0.3) is 0 Å². The van der Waals surface area contributed by atoms with E-state index in [-0.39, 0.29) is 24.0 Å². The van der Waals surface area contributed by atoms with Gasteiger partial charge in [-0.05, 0) is 45.3 Å². The second-order valence-electron chi connectivity index (χ2n) is 5.58. The first-order valence-electron chi connectivity index (χ1n) is 7.55. The van der Waals surface area contributed by atoms with Crippen LogP contribution in [0.5, 0.6) is 0 Å². The Bertz CT molecular complexity index is 588. The third-order valence-corrected chi connectivity index (χ3v) is 3.98. The van der Waals surface area contributed by atoms with Crippen molar-refractivity contribution in [3.63, 3.8) is 0 Å². The Morgan fingerprint density at radius 2 is 1.64 bits per heavy atom. The van der Waals surface area contributed by atoms with E-state index in [0.717, 1.165) is 12.8 Å². The fraction of sp³-hybridized carbons (Fsp3) is 0.500. The molecule has 22 heavy (non-hydrogen) atoms. The van der Waals surface area contributed by atoms with Gasteiger partial charge in [-0.1, -0.05) is 13.3 Å². The Labute approximate surface area is 131 Å². The highest BCUT2D eigenvalue weighted by Gasteiger charge is 2.27. The SMILES string of the molecule is CCCCC(=CC1=C(C)C(=O)C(C)=C(C)C1=O)C(=O)COC. The van der Waals surface area contributed by atoms with Crippen LogP contribution in [0.4, 0.5) is 0 Å². The largest absolute Gasteiger partial charge is 0.377 e. The summed E-state index contributed by atoms with van der Waals surface area (Å²) >= 11 is 0. The van der Waals surface area contributed by atoms with Gasteiger partial charge in [0.25, 0.3) is 0 Å².